The molecule has 0 aromatic carbocycles. The molecule has 0 N–H and O–H groups in total. The van der Waals surface area contributed by atoms with Gasteiger partial charge in [0.25, 0.3) is 5.56 Å². The van der Waals surface area contributed by atoms with E-state index in [1.54, 1.807) is 22.9 Å². The molecule has 0 bridgehead atoms. The van der Waals surface area contributed by atoms with Gasteiger partial charge in [0, 0.05) is 12.2 Å². The summed E-state index contributed by atoms with van der Waals surface area (Å²) in [5.74, 6) is 0. The molecule has 0 saturated carbocycles. The number of aromatic nitrogens is 3. The van der Waals surface area contributed by atoms with Crippen LogP contribution in [-0.4, -0.2) is 14.5 Å². The van der Waals surface area contributed by atoms with Crippen molar-refractivity contribution in [2.24, 2.45) is 0 Å². The second-order valence-corrected chi connectivity index (χ2v) is 3.88. The van der Waals surface area contributed by atoms with Crippen LogP contribution in [0.25, 0.3) is 11.2 Å². The van der Waals surface area contributed by atoms with Gasteiger partial charge in [-0.05, 0) is 26.0 Å². The van der Waals surface area contributed by atoms with E-state index < -0.39 is 0 Å². The maximum Gasteiger partial charge on any atom is 0.290 e. The highest BCUT2D eigenvalue weighted by atomic mass is 35.5. The van der Waals surface area contributed by atoms with Gasteiger partial charge in [0.2, 0.25) is 0 Å². The van der Waals surface area contributed by atoms with Crippen LogP contribution in [-0.2, 0) is 0 Å². The van der Waals surface area contributed by atoms with Crippen molar-refractivity contribution in [1.82, 2.24) is 14.5 Å². The first kappa shape index (κ1) is 10.1. The fourth-order valence-electron chi connectivity index (χ4n) is 1.49. The van der Waals surface area contributed by atoms with Crippen molar-refractivity contribution in [2.75, 3.05) is 0 Å². The van der Waals surface area contributed by atoms with Gasteiger partial charge in [0.05, 0.1) is 0 Å². The Bertz CT molecular complexity index is 562. The molecule has 0 unspecified atom stereocenters. The molecular weight excluding hydrogens is 214 g/mol. The number of fused-ring (bicyclic) bond motifs is 1. The van der Waals surface area contributed by atoms with Crippen molar-refractivity contribution in [3.8, 4) is 0 Å². The highest BCUT2D eigenvalue weighted by molar-refractivity contribution is 6.29. The summed E-state index contributed by atoms with van der Waals surface area (Å²) >= 11 is 5.76. The van der Waals surface area contributed by atoms with E-state index in [1.165, 1.54) is 0 Å². The molecule has 0 radical (unpaired) electrons. The molecule has 0 aliphatic carbocycles. The summed E-state index contributed by atoms with van der Waals surface area (Å²) in [5, 5.41) is -0.01000. The van der Waals surface area contributed by atoms with Crippen LogP contribution in [0.15, 0.2) is 23.1 Å². The Kier molecular flexibility index (Phi) is 2.44. The van der Waals surface area contributed by atoms with Crippen LogP contribution in [0.5, 0.6) is 0 Å². The maximum atomic E-state index is 11.8. The molecule has 78 valence electrons. The summed E-state index contributed by atoms with van der Waals surface area (Å²) < 4.78 is 1.55. The van der Waals surface area contributed by atoms with Crippen LogP contribution >= 0.6 is 11.6 Å². The normalized spacial score (nSPS) is 11.2. The summed E-state index contributed by atoms with van der Waals surface area (Å²) in [5.41, 5.74) is 0.913. The molecule has 2 rings (SSSR count). The monoisotopic (exact) mass is 223 g/mol. The van der Waals surface area contributed by atoms with Crippen molar-refractivity contribution in [3.63, 3.8) is 0 Å². The van der Waals surface area contributed by atoms with E-state index in [-0.39, 0.29) is 16.8 Å². The predicted octanol–water partition coefficient (Wildman–Crippen LogP) is 2.03. The van der Waals surface area contributed by atoms with E-state index in [9.17, 15) is 4.79 Å². The summed E-state index contributed by atoms with van der Waals surface area (Å²) in [6.07, 6.45) is 1.64. The quantitative estimate of drug-likeness (QED) is 0.743. The number of nitrogens with zero attached hydrogens (tertiary/aromatic N) is 3. The van der Waals surface area contributed by atoms with Crippen LogP contribution in [0.4, 0.5) is 0 Å². The van der Waals surface area contributed by atoms with Crippen molar-refractivity contribution < 1.29 is 0 Å². The molecule has 0 amide bonds. The molecule has 0 aliphatic heterocycles. The SMILES string of the molecule is CC(C)n1c(=O)c(Cl)nc2cccnc21. The third kappa shape index (κ3) is 1.61. The van der Waals surface area contributed by atoms with Gasteiger partial charge in [-0.3, -0.25) is 9.36 Å². The molecule has 0 fully saturated rings. The van der Waals surface area contributed by atoms with Gasteiger partial charge in [-0.2, -0.15) is 0 Å². The second kappa shape index (κ2) is 3.62. The first-order chi connectivity index (χ1) is 7.11. The third-order valence-electron chi connectivity index (χ3n) is 2.12. The van der Waals surface area contributed by atoms with E-state index in [1.807, 2.05) is 13.8 Å². The van der Waals surface area contributed by atoms with E-state index in [0.717, 1.165) is 0 Å². The largest absolute Gasteiger partial charge is 0.290 e. The first-order valence-corrected chi connectivity index (χ1v) is 5.02. The second-order valence-electron chi connectivity index (χ2n) is 3.52. The van der Waals surface area contributed by atoms with Crippen LogP contribution in [0.2, 0.25) is 5.15 Å². The summed E-state index contributed by atoms with van der Waals surface area (Å²) in [4.78, 5) is 19.9. The van der Waals surface area contributed by atoms with E-state index >= 15 is 0 Å². The molecule has 15 heavy (non-hydrogen) atoms. The highest BCUT2D eigenvalue weighted by Crippen LogP contribution is 2.13. The molecule has 2 aromatic rings. The zero-order valence-corrected chi connectivity index (χ0v) is 9.19. The molecule has 0 saturated heterocycles. The molecule has 0 atom stereocenters. The van der Waals surface area contributed by atoms with E-state index in [4.69, 9.17) is 11.6 Å². The highest BCUT2D eigenvalue weighted by Gasteiger charge is 2.11. The van der Waals surface area contributed by atoms with Gasteiger partial charge in [0.1, 0.15) is 5.52 Å². The minimum absolute atomic E-state index is 0.00963. The fourth-order valence-corrected chi connectivity index (χ4v) is 1.67. The first-order valence-electron chi connectivity index (χ1n) is 4.64. The topological polar surface area (TPSA) is 47.8 Å². The lowest BCUT2D eigenvalue weighted by Crippen LogP contribution is -2.24. The Morgan fingerprint density at radius 1 is 1.47 bits per heavy atom. The Morgan fingerprint density at radius 3 is 2.87 bits per heavy atom. The van der Waals surface area contributed by atoms with E-state index in [2.05, 4.69) is 9.97 Å². The van der Waals surface area contributed by atoms with Gasteiger partial charge in [-0.25, -0.2) is 9.97 Å². The Hall–Kier alpha value is -1.42. The Balaban J connectivity index is 2.96. The average molecular weight is 224 g/mol. The summed E-state index contributed by atoms with van der Waals surface area (Å²) in [6.45, 7) is 3.82. The number of hydrogen-bond acceptors (Lipinski definition) is 3. The standard InChI is InChI=1S/C10H10ClN3O/c1-6(2)14-9-7(4-3-5-12-9)13-8(11)10(14)15/h3-6H,1-2H3. The lowest BCUT2D eigenvalue weighted by atomic mass is 10.3. The van der Waals surface area contributed by atoms with Crippen LogP contribution in [0, 0.1) is 0 Å². The fraction of sp³-hybridized carbons (Fsp3) is 0.300. The van der Waals surface area contributed by atoms with Crippen LogP contribution < -0.4 is 5.56 Å². The van der Waals surface area contributed by atoms with Crippen molar-refractivity contribution in [2.45, 2.75) is 19.9 Å². The molecule has 0 aliphatic rings. The number of hydrogen-bond donors (Lipinski definition) is 0. The number of halogens is 1. The van der Waals surface area contributed by atoms with Crippen LogP contribution in [0.3, 0.4) is 0 Å². The van der Waals surface area contributed by atoms with Gasteiger partial charge in [0.15, 0.2) is 10.8 Å². The van der Waals surface area contributed by atoms with Gasteiger partial charge >= 0.3 is 0 Å². The van der Waals surface area contributed by atoms with Gasteiger partial charge in [-0.1, -0.05) is 11.6 Å². The third-order valence-corrected chi connectivity index (χ3v) is 2.37. The van der Waals surface area contributed by atoms with Gasteiger partial charge < -0.3 is 0 Å². The minimum atomic E-state index is -0.294. The van der Waals surface area contributed by atoms with Crippen LogP contribution in [0.1, 0.15) is 19.9 Å². The van der Waals surface area contributed by atoms with E-state index in [0.29, 0.717) is 11.2 Å². The number of rotatable bonds is 1. The summed E-state index contributed by atoms with van der Waals surface area (Å²) in [6, 6.07) is 3.56. The molecule has 4 nitrogen and oxygen atoms in total. The molecule has 5 heteroatoms. The summed E-state index contributed by atoms with van der Waals surface area (Å²) in [7, 11) is 0. The minimum Gasteiger partial charge on any atom is -0.286 e. The molecule has 2 heterocycles. The van der Waals surface area contributed by atoms with Crippen molar-refractivity contribution in [3.05, 3.63) is 33.8 Å². The zero-order valence-electron chi connectivity index (χ0n) is 8.44. The Labute approximate surface area is 91.5 Å². The molecular formula is C10H10ClN3O. The average Bonchev–Trinajstić information content (AvgIpc) is 2.19. The molecule has 2 aromatic heterocycles. The molecule has 0 spiro atoms. The zero-order chi connectivity index (χ0) is 11.0. The van der Waals surface area contributed by atoms with Gasteiger partial charge in [-0.15, -0.1) is 0 Å². The van der Waals surface area contributed by atoms with Crippen molar-refractivity contribution in [1.29, 1.82) is 0 Å². The number of pyridine rings is 1. The maximum absolute atomic E-state index is 11.8. The predicted molar refractivity (Wildman–Crippen MR) is 59.2 cm³/mol. The lowest BCUT2D eigenvalue weighted by Gasteiger charge is -2.12. The lowest BCUT2D eigenvalue weighted by molar-refractivity contribution is 0.592. The Morgan fingerprint density at radius 2 is 2.20 bits per heavy atom. The van der Waals surface area contributed by atoms with Crippen molar-refractivity contribution >= 4 is 22.8 Å². The smallest absolute Gasteiger partial charge is 0.286 e.